The van der Waals surface area contributed by atoms with Gasteiger partial charge in [-0.3, -0.25) is 9.69 Å². The standard InChI is InChI=1S/C37H42N6O4/c38-35(44)33-34(27-10-12-31(13-11-27)47-30-4-2-1-3-5-30)40-43-32(14-19-39-36(33)43)26-15-22-42(23-16-26)29-17-20-41(21-18-29)24-25-6-8-28(9-7-25)37(45)46/h1-13,26,29,32,39H,14-24H2,(H2,38,44)(H,45,46)/t32-/m0/s1. The first-order valence-electron chi connectivity index (χ1n) is 16.7. The first kappa shape index (κ1) is 31.0. The Kier molecular flexibility index (Phi) is 8.95. The Bertz CT molecular complexity index is 1690. The summed E-state index contributed by atoms with van der Waals surface area (Å²) in [7, 11) is 0. The van der Waals surface area contributed by atoms with Gasteiger partial charge in [0.15, 0.2) is 0 Å². The number of fused-ring (bicyclic) bond motifs is 1. The highest BCUT2D eigenvalue weighted by atomic mass is 16.5. The molecule has 4 aromatic rings. The number of carbonyl (C=O) groups excluding carboxylic acids is 1. The molecule has 244 valence electrons. The van der Waals surface area contributed by atoms with Crippen molar-refractivity contribution in [2.75, 3.05) is 38.0 Å². The molecule has 0 aliphatic carbocycles. The van der Waals surface area contributed by atoms with Gasteiger partial charge in [-0.15, -0.1) is 0 Å². The summed E-state index contributed by atoms with van der Waals surface area (Å²) in [6, 6.07) is 25.4. The van der Waals surface area contributed by atoms with Crippen LogP contribution in [0.25, 0.3) is 11.3 Å². The third-order valence-corrected chi connectivity index (χ3v) is 10.1. The number of carboxylic acid groups (broad SMARTS) is 1. The molecule has 0 saturated carbocycles. The molecule has 4 heterocycles. The average Bonchev–Trinajstić information content (AvgIpc) is 3.50. The SMILES string of the molecule is NC(=O)c1c(-c2ccc(Oc3ccccc3)cc2)nn2c1NCC[C@H]2C1CCN(C2CCN(Cc3ccc(C(=O)O)cc3)CC2)CC1. The molecule has 7 rings (SSSR count). The Labute approximate surface area is 275 Å². The normalized spacial score (nSPS) is 19.5. The number of aromatic nitrogens is 2. The molecule has 2 saturated heterocycles. The van der Waals surface area contributed by atoms with Crippen LogP contribution in [0.2, 0.25) is 0 Å². The van der Waals surface area contributed by atoms with Crippen molar-refractivity contribution in [3.8, 4) is 22.8 Å². The number of nitrogens with two attached hydrogens (primary N) is 1. The van der Waals surface area contributed by atoms with E-state index in [9.17, 15) is 9.59 Å². The quantitative estimate of drug-likeness (QED) is 0.209. The molecule has 4 N–H and O–H groups in total. The Morgan fingerprint density at radius 1 is 0.851 bits per heavy atom. The van der Waals surface area contributed by atoms with Crippen LogP contribution in [-0.4, -0.2) is 75.3 Å². The first-order valence-corrected chi connectivity index (χ1v) is 16.7. The number of nitrogens with one attached hydrogen (secondary N) is 1. The lowest BCUT2D eigenvalue weighted by atomic mass is 9.85. The molecule has 2 fully saturated rings. The van der Waals surface area contributed by atoms with Gasteiger partial charge >= 0.3 is 5.97 Å². The van der Waals surface area contributed by atoms with E-state index in [1.54, 1.807) is 12.1 Å². The minimum Gasteiger partial charge on any atom is -0.478 e. The Morgan fingerprint density at radius 2 is 1.53 bits per heavy atom. The summed E-state index contributed by atoms with van der Waals surface area (Å²) in [5, 5.41) is 17.6. The number of hydrogen-bond donors (Lipinski definition) is 3. The van der Waals surface area contributed by atoms with Crippen LogP contribution in [0.5, 0.6) is 11.5 Å². The largest absolute Gasteiger partial charge is 0.478 e. The number of benzene rings is 3. The van der Waals surface area contributed by atoms with Gasteiger partial charge in [-0.05, 0) is 118 Å². The summed E-state index contributed by atoms with van der Waals surface area (Å²) < 4.78 is 8.01. The van der Waals surface area contributed by atoms with Crippen molar-refractivity contribution in [1.29, 1.82) is 0 Å². The van der Waals surface area contributed by atoms with Crippen molar-refractivity contribution < 1.29 is 19.4 Å². The van der Waals surface area contributed by atoms with E-state index >= 15 is 0 Å². The molecule has 3 aliphatic rings. The second-order valence-corrected chi connectivity index (χ2v) is 13.0. The van der Waals surface area contributed by atoms with Crippen LogP contribution in [-0.2, 0) is 6.54 Å². The Hall–Kier alpha value is -4.67. The number of para-hydroxylation sites is 1. The van der Waals surface area contributed by atoms with Crippen LogP contribution in [0.15, 0.2) is 78.9 Å². The maximum absolute atomic E-state index is 12.8. The van der Waals surface area contributed by atoms with Crippen molar-refractivity contribution in [2.24, 2.45) is 11.7 Å². The van der Waals surface area contributed by atoms with Crippen molar-refractivity contribution in [3.63, 3.8) is 0 Å². The number of amides is 1. The molecule has 0 radical (unpaired) electrons. The van der Waals surface area contributed by atoms with Crippen molar-refractivity contribution in [3.05, 3.63) is 95.6 Å². The monoisotopic (exact) mass is 634 g/mol. The number of piperidine rings is 2. The Morgan fingerprint density at radius 3 is 2.19 bits per heavy atom. The number of carbonyl (C=O) groups is 2. The minimum atomic E-state index is -0.886. The zero-order valence-corrected chi connectivity index (χ0v) is 26.6. The van der Waals surface area contributed by atoms with Crippen LogP contribution >= 0.6 is 0 Å². The van der Waals surface area contributed by atoms with Crippen molar-refractivity contribution in [1.82, 2.24) is 19.6 Å². The summed E-state index contributed by atoms with van der Waals surface area (Å²) >= 11 is 0. The Balaban J connectivity index is 0.976. The molecule has 0 bridgehead atoms. The molecule has 10 nitrogen and oxygen atoms in total. The molecule has 3 aliphatic heterocycles. The van der Waals surface area contributed by atoms with E-state index in [0.717, 1.165) is 94.1 Å². The predicted octanol–water partition coefficient (Wildman–Crippen LogP) is 5.87. The maximum atomic E-state index is 12.8. The fourth-order valence-electron chi connectivity index (χ4n) is 7.60. The lowest BCUT2D eigenvalue weighted by Crippen LogP contribution is -2.48. The molecule has 0 unspecified atom stereocenters. The highest BCUT2D eigenvalue weighted by Gasteiger charge is 2.36. The molecule has 1 aromatic heterocycles. The van der Waals surface area contributed by atoms with Gasteiger partial charge in [0.25, 0.3) is 5.91 Å². The summed E-state index contributed by atoms with van der Waals surface area (Å²) in [5.41, 5.74) is 9.35. The van der Waals surface area contributed by atoms with Crippen LogP contribution in [0, 0.1) is 5.92 Å². The number of anilines is 1. The molecule has 0 spiro atoms. The predicted molar refractivity (Wildman–Crippen MR) is 181 cm³/mol. The van der Waals surface area contributed by atoms with Crippen LogP contribution in [0.3, 0.4) is 0 Å². The zero-order valence-electron chi connectivity index (χ0n) is 26.6. The fraction of sp³-hybridized carbons (Fsp3) is 0.378. The number of hydrogen-bond acceptors (Lipinski definition) is 7. The van der Waals surface area contributed by atoms with Gasteiger partial charge < -0.3 is 25.8 Å². The molecule has 1 amide bonds. The number of aromatic carboxylic acids is 1. The third-order valence-electron chi connectivity index (χ3n) is 10.1. The average molecular weight is 635 g/mol. The molecule has 1 atom stereocenters. The topological polar surface area (TPSA) is 126 Å². The van der Waals surface area contributed by atoms with E-state index in [4.69, 9.17) is 20.7 Å². The number of likely N-dealkylation sites (tertiary alicyclic amines) is 2. The van der Waals surface area contributed by atoms with E-state index in [2.05, 4.69) is 19.8 Å². The summed E-state index contributed by atoms with van der Waals surface area (Å²) in [6.07, 6.45) is 5.47. The number of nitrogens with zero attached hydrogens (tertiary/aromatic N) is 4. The fourth-order valence-corrected chi connectivity index (χ4v) is 7.60. The summed E-state index contributed by atoms with van der Waals surface area (Å²) in [4.78, 5) is 29.1. The highest BCUT2D eigenvalue weighted by molar-refractivity contribution is 6.03. The van der Waals surface area contributed by atoms with E-state index < -0.39 is 11.9 Å². The zero-order chi connectivity index (χ0) is 32.3. The molecule has 3 aromatic carbocycles. The van der Waals surface area contributed by atoms with Crippen LogP contribution < -0.4 is 15.8 Å². The number of primary amides is 1. The second kappa shape index (κ2) is 13.6. The highest BCUT2D eigenvalue weighted by Crippen LogP contribution is 2.40. The first-order chi connectivity index (χ1) is 22.9. The van der Waals surface area contributed by atoms with E-state index in [1.807, 2.05) is 66.7 Å². The van der Waals surface area contributed by atoms with E-state index in [-0.39, 0.29) is 6.04 Å². The van der Waals surface area contributed by atoms with E-state index in [1.165, 1.54) is 0 Å². The lowest BCUT2D eigenvalue weighted by molar-refractivity contribution is 0.0621. The summed E-state index contributed by atoms with van der Waals surface area (Å²) in [5.74, 6) is 1.34. The molecule has 47 heavy (non-hydrogen) atoms. The van der Waals surface area contributed by atoms with Gasteiger partial charge in [-0.25, -0.2) is 9.48 Å². The van der Waals surface area contributed by atoms with Crippen molar-refractivity contribution >= 4 is 17.7 Å². The van der Waals surface area contributed by atoms with Gasteiger partial charge in [-0.1, -0.05) is 30.3 Å². The summed E-state index contributed by atoms with van der Waals surface area (Å²) in [6.45, 7) is 5.90. The smallest absolute Gasteiger partial charge is 0.335 e. The van der Waals surface area contributed by atoms with Gasteiger partial charge in [0.05, 0.1) is 11.6 Å². The molecule has 10 heteroatoms. The van der Waals surface area contributed by atoms with E-state index in [0.29, 0.717) is 34.5 Å². The van der Waals surface area contributed by atoms with Crippen LogP contribution in [0.4, 0.5) is 5.82 Å². The third kappa shape index (κ3) is 6.75. The molecular formula is C37H42N6O4. The lowest BCUT2D eigenvalue weighted by Gasteiger charge is -2.43. The van der Waals surface area contributed by atoms with Gasteiger partial charge in [0, 0.05) is 24.7 Å². The number of ether oxygens (including phenoxy) is 1. The number of rotatable bonds is 9. The minimum absolute atomic E-state index is 0.218. The van der Waals surface area contributed by atoms with Crippen LogP contribution in [0.1, 0.15) is 64.4 Å². The van der Waals surface area contributed by atoms with Gasteiger partial charge in [0.2, 0.25) is 0 Å². The number of carboxylic acids is 1. The van der Waals surface area contributed by atoms with Gasteiger partial charge in [-0.2, -0.15) is 5.10 Å². The second-order valence-electron chi connectivity index (χ2n) is 13.0. The molecular weight excluding hydrogens is 592 g/mol. The van der Waals surface area contributed by atoms with Crippen molar-refractivity contribution in [2.45, 2.75) is 50.7 Å². The van der Waals surface area contributed by atoms with Gasteiger partial charge in [0.1, 0.15) is 28.6 Å². The maximum Gasteiger partial charge on any atom is 0.335 e.